The fourth-order valence-electron chi connectivity index (χ4n) is 3.05. The fourth-order valence-corrected chi connectivity index (χ4v) is 3.05. The van der Waals surface area contributed by atoms with Gasteiger partial charge in [0.15, 0.2) is 0 Å². The third kappa shape index (κ3) is 2.04. The molecule has 1 amide bonds. The Labute approximate surface area is 118 Å². The summed E-state index contributed by atoms with van der Waals surface area (Å²) in [5.41, 5.74) is 1.95. The molecular formula is C14H20N4O2. The summed E-state index contributed by atoms with van der Waals surface area (Å²) >= 11 is 0. The molecule has 1 atom stereocenters. The van der Waals surface area contributed by atoms with Crippen LogP contribution in [0, 0.1) is 0 Å². The van der Waals surface area contributed by atoms with E-state index in [1.807, 2.05) is 30.1 Å². The molecule has 0 N–H and O–H groups in total. The number of fused-ring (bicyclic) bond motifs is 2. The predicted molar refractivity (Wildman–Crippen MR) is 74.6 cm³/mol. The molecule has 1 fully saturated rings. The van der Waals surface area contributed by atoms with E-state index in [4.69, 9.17) is 9.72 Å². The van der Waals surface area contributed by atoms with E-state index >= 15 is 0 Å². The Balaban J connectivity index is 2.01. The molecule has 3 rings (SSSR count). The van der Waals surface area contributed by atoms with E-state index in [0.29, 0.717) is 25.7 Å². The molecule has 1 saturated heterocycles. The van der Waals surface area contributed by atoms with Gasteiger partial charge in [0.2, 0.25) is 11.9 Å². The van der Waals surface area contributed by atoms with Gasteiger partial charge >= 0.3 is 0 Å². The van der Waals surface area contributed by atoms with E-state index in [9.17, 15) is 4.79 Å². The van der Waals surface area contributed by atoms with Crippen LogP contribution in [0.5, 0.6) is 0 Å². The normalized spacial score (nSPS) is 24.9. The molecule has 108 valence electrons. The summed E-state index contributed by atoms with van der Waals surface area (Å²) in [4.78, 5) is 24.5. The topological polar surface area (TPSA) is 58.6 Å². The Bertz CT molecular complexity index is 546. The van der Waals surface area contributed by atoms with Crippen molar-refractivity contribution in [2.24, 2.45) is 0 Å². The second kappa shape index (κ2) is 4.70. The molecule has 3 heterocycles. The van der Waals surface area contributed by atoms with Gasteiger partial charge in [0.1, 0.15) is 0 Å². The quantitative estimate of drug-likeness (QED) is 0.750. The van der Waals surface area contributed by atoms with Crippen LogP contribution in [0.15, 0.2) is 6.20 Å². The molecule has 2 aliphatic heterocycles. The molecule has 1 aromatic rings. The van der Waals surface area contributed by atoms with Crippen LogP contribution < -0.4 is 4.90 Å². The van der Waals surface area contributed by atoms with Gasteiger partial charge in [0.05, 0.1) is 24.3 Å². The summed E-state index contributed by atoms with van der Waals surface area (Å²) < 4.78 is 5.73. The van der Waals surface area contributed by atoms with Crippen LogP contribution in [-0.4, -0.2) is 54.6 Å². The Hall–Kier alpha value is -1.69. The molecule has 2 aliphatic rings. The lowest BCUT2D eigenvalue weighted by Gasteiger charge is -2.34. The molecule has 1 aromatic heterocycles. The number of nitrogens with zero attached hydrogens (tertiary/aromatic N) is 4. The van der Waals surface area contributed by atoms with Crippen molar-refractivity contribution in [2.45, 2.75) is 25.4 Å². The lowest BCUT2D eigenvalue weighted by molar-refractivity contribution is -0.128. The van der Waals surface area contributed by atoms with Gasteiger partial charge in [-0.1, -0.05) is 0 Å². The van der Waals surface area contributed by atoms with Gasteiger partial charge in [-0.15, -0.1) is 0 Å². The number of hydrogen-bond donors (Lipinski definition) is 0. The first-order valence-corrected chi connectivity index (χ1v) is 6.89. The highest BCUT2D eigenvalue weighted by atomic mass is 16.5. The maximum absolute atomic E-state index is 11.6. The average molecular weight is 276 g/mol. The number of hydrogen-bond acceptors (Lipinski definition) is 5. The van der Waals surface area contributed by atoms with Crippen LogP contribution in [0.25, 0.3) is 0 Å². The fraction of sp³-hybridized carbons (Fsp3) is 0.643. The van der Waals surface area contributed by atoms with E-state index in [2.05, 4.69) is 4.98 Å². The van der Waals surface area contributed by atoms with Gasteiger partial charge < -0.3 is 14.5 Å². The van der Waals surface area contributed by atoms with Gasteiger partial charge in [-0.25, -0.2) is 9.97 Å². The standard InChI is InChI=1S/C14H20N4O2/c1-10(19)18-5-4-14(8-18)9-20-7-11-6-15-13(17(2)3)16-12(11)14/h6H,4-5,7-9H2,1-3H3/t14-/m1/s1. The molecule has 0 aliphatic carbocycles. The minimum absolute atomic E-state index is 0.121. The largest absolute Gasteiger partial charge is 0.376 e. The van der Waals surface area contributed by atoms with Crippen LogP contribution in [0.2, 0.25) is 0 Å². The second-order valence-corrected chi connectivity index (χ2v) is 5.90. The molecule has 1 spiro atoms. The molecule has 6 nitrogen and oxygen atoms in total. The Kier molecular flexibility index (Phi) is 3.12. The zero-order chi connectivity index (χ0) is 14.3. The molecule has 0 unspecified atom stereocenters. The molecule has 0 aromatic carbocycles. The van der Waals surface area contributed by atoms with Crippen molar-refractivity contribution >= 4 is 11.9 Å². The van der Waals surface area contributed by atoms with Crippen molar-refractivity contribution in [3.8, 4) is 0 Å². The van der Waals surface area contributed by atoms with Crippen molar-refractivity contribution in [1.82, 2.24) is 14.9 Å². The number of rotatable bonds is 1. The number of carbonyl (C=O) groups is 1. The van der Waals surface area contributed by atoms with Crippen molar-refractivity contribution in [3.63, 3.8) is 0 Å². The third-order valence-corrected chi connectivity index (χ3v) is 4.19. The second-order valence-electron chi connectivity index (χ2n) is 5.90. The lowest BCUT2D eigenvalue weighted by Crippen LogP contribution is -2.41. The van der Waals surface area contributed by atoms with E-state index in [1.54, 1.807) is 6.92 Å². The summed E-state index contributed by atoms with van der Waals surface area (Å²) in [6, 6.07) is 0. The van der Waals surface area contributed by atoms with Gasteiger partial charge in [-0.3, -0.25) is 4.79 Å². The van der Waals surface area contributed by atoms with Crippen LogP contribution in [0.4, 0.5) is 5.95 Å². The first-order chi connectivity index (χ1) is 9.52. The van der Waals surface area contributed by atoms with Crippen LogP contribution >= 0.6 is 0 Å². The minimum atomic E-state index is -0.160. The van der Waals surface area contributed by atoms with Crippen molar-refractivity contribution < 1.29 is 9.53 Å². The van der Waals surface area contributed by atoms with Crippen LogP contribution in [-0.2, 0) is 21.6 Å². The average Bonchev–Trinajstić information content (AvgIpc) is 2.84. The monoisotopic (exact) mass is 276 g/mol. The molecular weight excluding hydrogens is 256 g/mol. The number of likely N-dealkylation sites (tertiary alicyclic amines) is 1. The van der Waals surface area contributed by atoms with E-state index < -0.39 is 0 Å². The summed E-state index contributed by atoms with van der Waals surface area (Å²) in [5.74, 6) is 0.835. The summed E-state index contributed by atoms with van der Waals surface area (Å²) in [7, 11) is 3.87. The molecule has 0 bridgehead atoms. The minimum Gasteiger partial charge on any atom is -0.376 e. The Morgan fingerprint density at radius 1 is 1.50 bits per heavy atom. The Morgan fingerprint density at radius 2 is 2.30 bits per heavy atom. The van der Waals surface area contributed by atoms with Crippen LogP contribution in [0.1, 0.15) is 24.6 Å². The lowest BCUT2D eigenvalue weighted by atomic mass is 9.80. The molecule has 20 heavy (non-hydrogen) atoms. The van der Waals surface area contributed by atoms with Crippen LogP contribution in [0.3, 0.4) is 0 Å². The van der Waals surface area contributed by atoms with Gasteiger partial charge in [0, 0.05) is 45.9 Å². The number of amides is 1. The van der Waals surface area contributed by atoms with E-state index in [0.717, 1.165) is 24.2 Å². The highest BCUT2D eigenvalue weighted by Gasteiger charge is 2.45. The molecule has 6 heteroatoms. The number of carbonyl (C=O) groups excluding carboxylic acids is 1. The number of anilines is 1. The number of ether oxygens (including phenoxy) is 1. The van der Waals surface area contributed by atoms with E-state index in [1.165, 1.54) is 0 Å². The highest BCUT2D eigenvalue weighted by Crippen LogP contribution is 2.39. The zero-order valence-electron chi connectivity index (χ0n) is 12.2. The van der Waals surface area contributed by atoms with Gasteiger partial charge in [-0.2, -0.15) is 0 Å². The summed E-state index contributed by atoms with van der Waals surface area (Å²) in [6.07, 6.45) is 2.76. The number of aromatic nitrogens is 2. The third-order valence-electron chi connectivity index (χ3n) is 4.19. The van der Waals surface area contributed by atoms with Crippen molar-refractivity contribution in [1.29, 1.82) is 0 Å². The summed E-state index contributed by atoms with van der Waals surface area (Å²) in [6.45, 7) is 4.28. The Morgan fingerprint density at radius 3 is 2.95 bits per heavy atom. The zero-order valence-corrected chi connectivity index (χ0v) is 12.2. The van der Waals surface area contributed by atoms with Crippen molar-refractivity contribution in [2.75, 3.05) is 38.7 Å². The van der Waals surface area contributed by atoms with E-state index in [-0.39, 0.29) is 11.3 Å². The first-order valence-electron chi connectivity index (χ1n) is 6.89. The maximum atomic E-state index is 11.6. The molecule has 0 radical (unpaired) electrons. The SMILES string of the molecule is CC(=O)N1CC[C@]2(COCc3cnc(N(C)C)nc32)C1. The van der Waals surface area contributed by atoms with Crippen molar-refractivity contribution in [3.05, 3.63) is 17.5 Å². The van der Waals surface area contributed by atoms with Gasteiger partial charge in [0.25, 0.3) is 0 Å². The highest BCUT2D eigenvalue weighted by molar-refractivity contribution is 5.73. The predicted octanol–water partition coefficient (Wildman–Crippen LogP) is 0.563. The maximum Gasteiger partial charge on any atom is 0.225 e. The summed E-state index contributed by atoms with van der Waals surface area (Å²) in [5, 5.41) is 0. The smallest absolute Gasteiger partial charge is 0.225 e. The molecule has 0 saturated carbocycles. The first kappa shape index (κ1) is 13.3. The van der Waals surface area contributed by atoms with Gasteiger partial charge in [-0.05, 0) is 6.42 Å².